The van der Waals surface area contributed by atoms with Gasteiger partial charge in [0, 0.05) is 29.8 Å². The number of rotatable bonds is 7. The first kappa shape index (κ1) is 23.8. The van der Waals surface area contributed by atoms with Crippen molar-refractivity contribution in [2.75, 3.05) is 12.4 Å². The summed E-state index contributed by atoms with van der Waals surface area (Å²) < 4.78 is 33.5. The molecule has 3 aromatic carbocycles. The molecule has 35 heavy (non-hydrogen) atoms. The number of benzene rings is 3. The Labute approximate surface area is 200 Å². The molecule has 0 fully saturated rings. The maximum Gasteiger partial charge on any atom is 0.270 e. The van der Waals surface area contributed by atoms with Gasteiger partial charge in [0.2, 0.25) is 0 Å². The molecular formula is C27H23F2N3O3. The van der Waals surface area contributed by atoms with Crippen LogP contribution >= 0.6 is 0 Å². The van der Waals surface area contributed by atoms with Crippen molar-refractivity contribution in [3.05, 3.63) is 112 Å². The van der Waals surface area contributed by atoms with Gasteiger partial charge >= 0.3 is 0 Å². The van der Waals surface area contributed by atoms with E-state index in [1.54, 1.807) is 61.7 Å². The van der Waals surface area contributed by atoms with E-state index in [9.17, 15) is 18.4 Å². The minimum absolute atomic E-state index is 0.168. The minimum Gasteiger partial charge on any atom is -0.497 e. The molecule has 0 saturated heterocycles. The van der Waals surface area contributed by atoms with Crippen molar-refractivity contribution in [1.82, 2.24) is 9.78 Å². The summed E-state index contributed by atoms with van der Waals surface area (Å²) in [5, 5.41) is 7.21. The molecule has 0 aliphatic carbocycles. The fourth-order valence-corrected chi connectivity index (χ4v) is 3.64. The maximum atomic E-state index is 13.5. The molecule has 1 N–H and O–H groups in total. The molecule has 4 rings (SSSR count). The monoisotopic (exact) mass is 475 g/mol. The molecule has 178 valence electrons. The fourth-order valence-electron chi connectivity index (χ4n) is 3.64. The lowest BCUT2D eigenvalue weighted by molar-refractivity contribution is -0.118. The highest BCUT2D eigenvalue weighted by molar-refractivity contribution is 5.95. The Balaban J connectivity index is 1.73. The zero-order valence-electron chi connectivity index (χ0n) is 19.1. The second-order valence-electron chi connectivity index (χ2n) is 8.00. The van der Waals surface area contributed by atoms with Gasteiger partial charge < -0.3 is 10.1 Å². The highest BCUT2D eigenvalue weighted by atomic mass is 19.3. The van der Waals surface area contributed by atoms with Gasteiger partial charge in [-0.3, -0.25) is 9.59 Å². The van der Waals surface area contributed by atoms with Crippen LogP contribution in [-0.2, 0) is 10.7 Å². The Bertz CT molecular complexity index is 1380. The van der Waals surface area contributed by atoms with E-state index in [0.717, 1.165) is 11.6 Å². The number of carbonyl (C=O) groups excluding carboxylic acids is 1. The van der Waals surface area contributed by atoms with E-state index in [0.29, 0.717) is 28.3 Å². The Hall–Kier alpha value is -4.33. The van der Waals surface area contributed by atoms with Crippen LogP contribution in [0.1, 0.15) is 24.1 Å². The molecule has 1 amide bonds. The molecule has 1 atom stereocenters. The van der Waals surface area contributed by atoms with Crippen LogP contribution in [-0.4, -0.2) is 22.8 Å². The summed E-state index contributed by atoms with van der Waals surface area (Å²) in [4.78, 5) is 26.3. The fraction of sp³-hybridized carbons (Fsp3) is 0.148. The second kappa shape index (κ2) is 9.89. The van der Waals surface area contributed by atoms with E-state index in [4.69, 9.17) is 4.74 Å². The van der Waals surface area contributed by atoms with E-state index in [-0.39, 0.29) is 5.56 Å². The molecule has 0 saturated carbocycles. The van der Waals surface area contributed by atoms with Crippen molar-refractivity contribution in [1.29, 1.82) is 0 Å². The molecule has 0 aliphatic rings. The lowest BCUT2D eigenvalue weighted by Crippen LogP contribution is -2.35. The van der Waals surface area contributed by atoms with Gasteiger partial charge in [0.25, 0.3) is 17.4 Å². The van der Waals surface area contributed by atoms with Crippen LogP contribution < -0.4 is 15.6 Å². The number of amides is 1. The average molecular weight is 475 g/mol. The summed E-state index contributed by atoms with van der Waals surface area (Å²) in [5.74, 6) is -2.91. The predicted molar refractivity (Wildman–Crippen MR) is 130 cm³/mol. The molecule has 0 radical (unpaired) electrons. The number of alkyl halides is 2. The van der Waals surface area contributed by atoms with Crippen molar-refractivity contribution in [2.24, 2.45) is 0 Å². The summed E-state index contributed by atoms with van der Waals surface area (Å²) >= 11 is 0. The summed E-state index contributed by atoms with van der Waals surface area (Å²) in [6.07, 6.45) is 0. The summed E-state index contributed by atoms with van der Waals surface area (Å²) in [7, 11) is 1.55. The number of hydrogen-bond acceptors (Lipinski definition) is 4. The smallest absolute Gasteiger partial charge is 0.270 e. The lowest BCUT2D eigenvalue weighted by atomic mass is 10.1. The van der Waals surface area contributed by atoms with Gasteiger partial charge in [-0.25, -0.2) is 13.5 Å². The number of halogens is 2. The molecule has 4 aromatic rings. The largest absolute Gasteiger partial charge is 0.497 e. The van der Waals surface area contributed by atoms with E-state index in [1.165, 1.54) is 30.3 Å². The van der Waals surface area contributed by atoms with E-state index in [1.807, 2.05) is 6.07 Å². The van der Waals surface area contributed by atoms with Crippen LogP contribution in [0.3, 0.4) is 0 Å². The van der Waals surface area contributed by atoms with Crippen LogP contribution in [0.4, 0.5) is 14.5 Å². The molecule has 0 spiro atoms. The molecule has 1 unspecified atom stereocenters. The topological polar surface area (TPSA) is 73.2 Å². The maximum absolute atomic E-state index is 13.5. The third-order valence-electron chi connectivity index (χ3n) is 5.46. The first-order chi connectivity index (χ1) is 16.8. The Morgan fingerprint density at radius 3 is 2.34 bits per heavy atom. The third-order valence-corrected chi connectivity index (χ3v) is 5.46. The van der Waals surface area contributed by atoms with E-state index >= 15 is 0 Å². The minimum atomic E-state index is -2.99. The molecule has 0 bridgehead atoms. The highest BCUT2D eigenvalue weighted by Crippen LogP contribution is 2.28. The number of carbonyl (C=O) groups is 1. The van der Waals surface area contributed by atoms with Gasteiger partial charge in [0.1, 0.15) is 5.75 Å². The number of ether oxygens (including phenoxy) is 1. The summed E-state index contributed by atoms with van der Waals surface area (Å²) in [6, 6.07) is 23.1. The zero-order valence-corrected chi connectivity index (χ0v) is 19.1. The van der Waals surface area contributed by atoms with Crippen LogP contribution in [0.5, 0.6) is 5.75 Å². The first-order valence-electron chi connectivity index (χ1n) is 10.8. The van der Waals surface area contributed by atoms with Gasteiger partial charge in [-0.05, 0) is 35.9 Å². The predicted octanol–water partition coefficient (Wildman–Crippen LogP) is 5.26. The standard InChI is InChI=1S/C27H23F2N3O3/c1-27(28,29)20-11-13-21(14-12-20)30-26(34)25(18-7-4-3-5-8-18)32-24(33)16-15-23(31-32)19-9-6-10-22(17-19)35-2/h3-17,25H,1-2H3,(H,30,34). The average Bonchev–Trinajstić information content (AvgIpc) is 2.86. The Morgan fingerprint density at radius 2 is 1.69 bits per heavy atom. The third kappa shape index (κ3) is 5.43. The van der Waals surface area contributed by atoms with Crippen molar-refractivity contribution in [3.63, 3.8) is 0 Å². The summed E-state index contributed by atoms with van der Waals surface area (Å²) in [6.45, 7) is 0.805. The van der Waals surface area contributed by atoms with Crippen molar-refractivity contribution in [3.8, 4) is 17.0 Å². The van der Waals surface area contributed by atoms with Crippen molar-refractivity contribution < 1.29 is 18.3 Å². The number of methoxy groups -OCH3 is 1. The van der Waals surface area contributed by atoms with Crippen LogP contribution in [0.25, 0.3) is 11.3 Å². The van der Waals surface area contributed by atoms with Crippen LogP contribution in [0, 0.1) is 0 Å². The quantitative estimate of drug-likeness (QED) is 0.396. The van der Waals surface area contributed by atoms with Gasteiger partial charge in [0.05, 0.1) is 12.8 Å². The summed E-state index contributed by atoms with van der Waals surface area (Å²) in [5.41, 5.74) is 1.41. The molecule has 8 heteroatoms. The van der Waals surface area contributed by atoms with E-state index < -0.39 is 23.4 Å². The van der Waals surface area contributed by atoms with Crippen molar-refractivity contribution in [2.45, 2.75) is 18.9 Å². The number of nitrogens with zero attached hydrogens (tertiary/aromatic N) is 2. The highest BCUT2D eigenvalue weighted by Gasteiger charge is 2.27. The number of anilines is 1. The van der Waals surface area contributed by atoms with Crippen molar-refractivity contribution >= 4 is 11.6 Å². The first-order valence-corrected chi connectivity index (χ1v) is 10.8. The van der Waals surface area contributed by atoms with Crippen LogP contribution in [0.15, 0.2) is 95.8 Å². The lowest BCUT2D eigenvalue weighted by Gasteiger charge is -2.20. The van der Waals surface area contributed by atoms with Gasteiger partial charge in [-0.1, -0.05) is 54.6 Å². The van der Waals surface area contributed by atoms with Gasteiger partial charge in [-0.2, -0.15) is 5.10 Å². The number of nitrogens with one attached hydrogen (secondary N) is 1. The van der Waals surface area contributed by atoms with E-state index in [2.05, 4.69) is 10.4 Å². The molecule has 0 aliphatic heterocycles. The molecule has 1 heterocycles. The van der Waals surface area contributed by atoms with Gasteiger partial charge in [-0.15, -0.1) is 0 Å². The van der Waals surface area contributed by atoms with Crippen LogP contribution in [0.2, 0.25) is 0 Å². The Morgan fingerprint density at radius 1 is 0.971 bits per heavy atom. The second-order valence-corrected chi connectivity index (χ2v) is 8.00. The molecular weight excluding hydrogens is 452 g/mol. The molecule has 6 nitrogen and oxygen atoms in total. The number of hydrogen-bond donors (Lipinski definition) is 1. The van der Waals surface area contributed by atoms with Gasteiger partial charge in [0.15, 0.2) is 6.04 Å². The zero-order chi connectivity index (χ0) is 25.0. The SMILES string of the molecule is COc1cccc(-c2ccc(=O)n(C(C(=O)Nc3ccc(C(C)(F)F)cc3)c3ccccc3)n2)c1. The number of aromatic nitrogens is 2. The molecule has 1 aromatic heterocycles. The Kier molecular flexibility index (Phi) is 6.73. The normalized spacial score (nSPS) is 12.1.